The molecule has 1 heterocycles. The monoisotopic (exact) mass is 178 g/mol. The van der Waals surface area contributed by atoms with Crippen molar-refractivity contribution in [2.24, 2.45) is 16.5 Å². The van der Waals surface area contributed by atoms with Crippen molar-refractivity contribution in [1.29, 1.82) is 0 Å². The Morgan fingerprint density at radius 1 is 1.60 bits per heavy atom. The van der Waals surface area contributed by atoms with E-state index in [9.17, 15) is 0 Å². The van der Waals surface area contributed by atoms with Crippen molar-refractivity contribution >= 4 is 34.8 Å². The van der Waals surface area contributed by atoms with Crippen LogP contribution in [0.2, 0.25) is 0 Å². The van der Waals surface area contributed by atoms with E-state index in [4.69, 9.17) is 11.5 Å². The summed E-state index contributed by atoms with van der Waals surface area (Å²) in [5, 5.41) is 2.40. The van der Waals surface area contributed by atoms with Gasteiger partial charge in [0.05, 0.1) is 0 Å². The van der Waals surface area contributed by atoms with Crippen LogP contribution in [0, 0.1) is 0 Å². The van der Waals surface area contributed by atoms with Gasteiger partial charge in [0.25, 0.3) is 0 Å². The lowest BCUT2D eigenvalue weighted by Crippen LogP contribution is -2.21. The lowest BCUT2D eigenvalue weighted by atomic mass is 11.0. The fourth-order valence-electron chi connectivity index (χ4n) is 0.382. The van der Waals surface area contributed by atoms with Crippen molar-refractivity contribution < 1.29 is 0 Å². The maximum absolute atomic E-state index is 5.08. The van der Waals surface area contributed by atoms with E-state index in [-0.39, 0.29) is 18.4 Å². The molecule has 0 aliphatic rings. The maximum Gasteiger partial charge on any atom is 0.212 e. The molecule has 0 unspecified atom stereocenters. The van der Waals surface area contributed by atoms with Crippen LogP contribution in [0.1, 0.15) is 0 Å². The molecule has 0 aliphatic carbocycles. The van der Waals surface area contributed by atoms with Crippen molar-refractivity contribution in [1.82, 2.24) is 4.98 Å². The largest absolute Gasteiger partial charge is 0.370 e. The smallest absolute Gasteiger partial charge is 0.212 e. The van der Waals surface area contributed by atoms with Gasteiger partial charge in [0.15, 0.2) is 5.96 Å². The van der Waals surface area contributed by atoms with Gasteiger partial charge in [0.1, 0.15) is 0 Å². The summed E-state index contributed by atoms with van der Waals surface area (Å²) in [5.41, 5.74) is 10.2. The average Bonchev–Trinajstić information content (AvgIpc) is 2.15. The second kappa shape index (κ2) is 4.08. The summed E-state index contributed by atoms with van der Waals surface area (Å²) < 4.78 is 0. The number of rotatable bonds is 1. The first-order valence-electron chi connectivity index (χ1n) is 2.28. The molecule has 56 valence electrons. The number of nitrogens with zero attached hydrogens (tertiary/aromatic N) is 2. The highest BCUT2D eigenvalue weighted by Gasteiger charge is 1.88. The molecule has 0 saturated heterocycles. The summed E-state index contributed by atoms with van der Waals surface area (Å²) in [7, 11) is 0. The molecular formula is C4H7ClN4S. The highest BCUT2D eigenvalue weighted by Crippen LogP contribution is 2.13. The molecule has 0 aliphatic heterocycles. The molecule has 4 N–H and O–H groups in total. The molecule has 0 spiro atoms. The van der Waals surface area contributed by atoms with Crippen LogP contribution < -0.4 is 11.5 Å². The SMILES string of the molecule is Cl.NC(N)=Nc1nccs1. The molecule has 6 heteroatoms. The Hall–Kier alpha value is -0.810. The second-order valence-electron chi connectivity index (χ2n) is 1.35. The Balaban J connectivity index is 0.000000810. The predicted molar refractivity (Wildman–Crippen MR) is 44.8 cm³/mol. The molecule has 10 heavy (non-hydrogen) atoms. The predicted octanol–water partition coefficient (Wildman–Crippen LogP) is 0.470. The van der Waals surface area contributed by atoms with Crippen LogP contribution in [0.4, 0.5) is 5.13 Å². The van der Waals surface area contributed by atoms with Gasteiger partial charge in [-0.15, -0.1) is 23.7 Å². The first-order chi connectivity index (χ1) is 4.29. The average molecular weight is 179 g/mol. The number of aromatic nitrogens is 1. The summed E-state index contributed by atoms with van der Waals surface area (Å²) in [6.45, 7) is 0. The van der Waals surface area contributed by atoms with E-state index < -0.39 is 0 Å². The normalized spacial score (nSPS) is 8.00. The molecule has 0 atom stereocenters. The van der Waals surface area contributed by atoms with Gasteiger partial charge in [0.2, 0.25) is 5.13 Å². The zero-order chi connectivity index (χ0) is 6.69. The Labute approximate surface area is 68.4 Å². The summed E-state index contributed by atoms with van der Waals surface area (Å²) in [5.74, 6) is 0.0463. The number of guanidine groups is 1. The first kappa shape index (κ1) is 9.19. The number of aliphatic imine (C=N–C) groups is 1. The minimum atomic E-state index is 0. The van der Waals surface area contributed by atoms with E-state index in [2.05, 4.69) is 9.98 Å². The molecule has 1 aromatic heterocycles. The minimum Gasteiger partial charge on any atom is -0.370 e. The van der Waals surface area contributed by atoms with Crippen LogP contribution in [0.3, 0.4) is 0 Å². The van der Waals surface area contributed by atoms with Crippen molar-refractivity contribution in [3.8, 4) is 0 Å². The molecular weight excluding hydrogens is 172 g/mol. The second-order valence-corrected chi connectivity index (χ2v) is 2.22. The zero-order valence-electron chi connectivity index (χ0n) is 5.02. The number of nitrogens with two attached hydrogens (primary N) is 2. The quantitative estimate of drug-likeness (QED) is 0.485. The molecule has 0 saturated carbocycles. The molecule has 1 aromatic rings. The van der Waals surface area contributed by atoms with E-state index in [0.717, 1.165) is 0 Å². The Bertz CT molecular complexity index is 203. The third-order valence-corrected chi connectivity index (χ3v) is 1.31. The van der Waals surface area contributed by atoms with Gasteiger partial charge < -0.3 is 11.5 Å². The standard InChI is InChI=1S/C4H6N4S.ClH/c5-3(6)8-4-7-1-2-9-4;/h1-2H,(H4,5,6,7,8);1H. The van der Waals surface area contributed by atoms with Gasteiger partial charge in [0, 0.05) is 11.6 Å². The first-order valence-corrected chi connectivity index (χ1v) is 3.16. The van der Waals surface area contributed by atoms with Crippen LogP contribution in [-0.2, 0) is 0 Å². The third kappa shape index (κ3) is 2.65. The Morgan fingerprint density at radius 2 is 2.30 bits per heavy atom. The van der Waals surface area contributed by atoms with Gasteiger partial charge in [-0.25, -0.2) is 4.98 Å². The van der Waals surface area contributed by atoms with Gasteiger partial charge in [-0.3, -0.25) is 0 Å². The molecule has 0 amide bonds. The molecule has 0 aromatic carbocycles. The Morgan fingerprint density at radius 3 is 2.70 bits per heavy atom. The van der Waals surface area contributed by atoms with Crippen molar-refractivity contribution in [3.05, 3.63) is 11.6 Å². The fourth-order valence-corrected chi connectivity index (χ4v) is 0.905. The summed E-state index contributed by atoms with van der Waals surface area (Å²) >= 11 is 1.39. The summed E-state index contributed by atoms with van der Waals surface area (Å²) in [6.07, 6.45) is 1.65. The maximum atomic E-state index is 5.08. The zero-order valence-corrected chi connectivity index (χ0v) is 6.65. The molecule has 0 bridgehead atoms. The van der Waals surface area contributed by atoms with E-state index in [1.54, 1.807) is 6.20 Å². The van der Waals surface area contributed by atoms with Gasteiger partial charge in [-0.2, -0.15) is 4.99 Å². The van der Waals surface area contributed by atoms with Gasteiger partial charge in [-0.1, -0.05) is 0 Å². The van der Waals surface area contributed by atoms with E-state index in [1.165, 1.54) is 11.3 Å². The van der Waals surface area contributed by atoms with Crippen LogP contribution >= 0.6 is 23.7 Å². The highest BCUT2D eigenvalue weighted by molar-refractivity contribution is 7.13. The molecule has 1 rings (SSSR count). The van der Waals surface area contributed by atoms with Crippen molar-refractivity contribution in [3.63, 3.8) is 0 Å². The highest BCUT2D eigenvalue weighted by atomic mass is 35.5. The summed E-state index contributed by atoms with van der Waals surface area (Å²) in [4.78, 5) is 7.53. The van der Waals surface area contributed by atoms with Gasteiger partial charge >= 0.3 is 0 Å². The Kier molecular flexibility index (Phi) is 3.75. The molecule has 4 nitrogen and oxygen atoms in total. The lowest BCUT2D eigenvalue weighted by Gasteiger charge is -1.84. The number of hydrogen-bond donors (Lipinski definition) is 2. The van der Waals surface area contributed by atoms with E-state index in [1.807, 2.05) is 5.38 Å². The van der Waals surface area contributed by atoms with E-state index in [0.29, 0.717) is 5.13 Å². The topological polar surface area (TPSA) is 77.3 Å². The van der Waals surface area contributed by atoms with Crippen LogP contribution in [0.5, 0.6) is 0 Å². The van der Waals surface area contributed by atoms with Crippen molar-refractivity contribution in [2.75, 3.05) is 0 Å². The van der Waals surface area contributed by atoms with Gasteiger partial charge in [-0.05, 0) is 0 Å². The van der Waals surface area contributed by atoms with Crippen LogP contribution in [-0.4, -0.2) is 10.9 Å². The number of halogens is 1. The molecule has 0 fully saturated rings. The van der Waals surface area contributed by atoms with Crippen LogP contribution in [0.15, 0.2) is 16.6 Å². The van der Waals surface area contributed by atoms with Crippen molar-refractivity contribution in [2.45, 2.75) is 0 Å². The number of thiazole rings is 1. The lowest BCUT2D eigenvalue weighted by molar-refractivity contribution is 1.33. The number of hydrogen-bond acceptors (Lipinski definition) is 3. The molecule has 0 radical (unpaired) electrons. The minimum absolute atomic E-state index is 0. The van der Waals surface area contributed by atoms with Crippen LogP contribution in [0.25, 0.3) is 0 Å². The summed E-state index contributed by atoms with van der Waals surface area (Å²) in [6, 6.07) is 0. The third-order valence-electron chi connectivity index (χ3n) is 0.644. The fraction of sp³-hybridized carbons (Fsp3) is 0. The van der Waals surface area contributed by atoms with E-state index >= 15 is 0 Å².